The molecule has 0 radical (unpaired) electrons. The summed E-state index contributed by atoms with van der Waals surface area (Å²) in [5.41, 5.74) is 0.949. The number of hydrogen-bond acceptors (Lipinski definition) is 5. The highest BCUT2D eigenvalue weighted by atomic mass is 19.3. The molecule has 0 N–H and O–H groups in total. The van der Waals surface area contributed by atoms with Crippen molar-refractivity contribution in [1.82, 2.24) is 14.9 Å². The summed E-state index contributed by atoms with van der Waals surface area (Å²) < 4.78 is 38.8. The number of amides is 1. The van der Waals surface area contributed by atoms with E-state index in [4.69, 9.17) is 9.15 Å². The minimum absolute atomic E-state index is 0.0170. The van der Waals surface area contributed by atoms with E-state index >= 15 is 0 Å². The van der Waals surface area contributed by atoms with Gasteiger partial charge in [0.2, 0.25) is 0 Å². The smallest absolute Gasteiger partial charge is 0.275 e. The summed E-state index contributed by atoms with van der Waals surface area (Å²) in [6.45, 7) is 1.60. The number of rotatable bonds is 5. The van der Waals surface area contributed by atoms with Crippen LogP contribution in [0, 0.1) is 12.8 Å². The predicted octanol–water partition coefficient (Wildman–Crippen LogP) is 2.69. The summed E-state index contributed by atoms with van der Waals surface area (Å²) in [6.07, 6.45) is 4.12. The van der Waals surface area contributed by atoms with Gasteiger partial charge in [-0.1, -0.05) is 6.07 Å². The molecule has 1 aliphatic heterocycles. The summed E-state index contributed by atoms with van der Waals surface area (Å²) in [5.74, 6) is -3.97. The van der Waals surface area contributed by atoms with Crippen molar-refractivity contribution >= 4 is 5.91 Å². The molecular formula is C17H19F2N3O3. The Hall–Kier alpha value is -2.35. The van der Waals surface area contributed by atoms with Crippen molar-refractivity contribution in [2.24, 2.45) is 5.92 Å². The van der Waals surface area contributed by atoms with Gasteiger partial charge in [-0.2, -0.15) is 0 Å². The van der Waals surface area contributed by atoms with Gasteiger partial charge in [0.25, 0.3) is 11.8 Å². The molecule has 3 rings (SSSR count). The van der Waals surface area contributed by atoms with Crippen LogP contribution in [0.15, 0.2) is 35.2 Å². The molecule has 1 aliphatic rings. The fourth-order valence-corrected chi connectivity index (χ4v) is 2.76. The second-order valence-corrected chi connectivity index (χ2v) is 6.09. The Labute approximate surface area is 143 Å². The number of nitrogens with zero attached hydrogens (tertiary/aromatic N) is 3. The molecule has 8 heteroatoms. The van der Waals surface area contributed by atoms with Crippen LogP contribution in [-0.4, -0.2) is 46.4 Å². The first-order valence-corrected chi connectivity index (χ1v) is 8.01. The average molecular weight is 351 g/mol. The largest absolute Gasteiger partial charge is 0.448 e. The normalized spacial score (nSPS) is 19.8. The van der Waals surface area contributed by atoms with Gasteiger partial charge in [0.15, 0.2) is 11.6 Å². The Morgan fingerprint density at radius 3 is 3.04 bits per heavy atom. The molecule has 134 valence electrons. The second kappa shape index (κ2) is 7.26. The van der Waals surface area contributed by atoms with E-state index in [2.05, 4.69) is 9.97 Å². The number of alkyl halides is 2. The van der Waals surface area contributed by atoms with Crippen LogP contribution < -0.4 is 0 Å². The molecule has 2 aromatic rings. The molecule has 0 aromatic carbocycles. The molecule has 0 bridgehead atoms. The monoisotopic (exact) mass is 351 g/mol. The van der Waals surface area contributed by atoms with Gasteiger partial charge in [0, 0.05) is 38.8 Å². The van der Waals surface area contributed by atoms with Crippen LogP contribution in [0.5, 0.6) is 0 Å². The number of oxazole rings is 1. The van der Waals surface area contributed by atoms with Gasteiger partial charge in [0.05, 0.1) is 19.1 Å². The lowest BCUT2D eigenvalue weighted by Gasteiger charge is -2.37. The molecule has 0 aliphatic carbocycles. The maximum absolute atomic E-state index is 14.2. The minimum atomic E-state index is -2.87. The van der Waals surface area contributed by atoms with Gasteiger partial charge >= 0.3 is 0 Å². The first-order valence-electron chi connectivity index (χ1n) is 8.01. The molecule has 0 spiro atoms. The van der Waals surface area contributed by atoms with Crippen molar-refractivity contribution < 1.29 is 22.7 Å². The van der Waals surface area contributed by atoms with Gasteiger partial charge in [0.1, 0.15) is 6.26 Å². The van der Waals surface area contributed by atoms with Crippen molar-refractivity contribution in [2.75, 3.05) is 19.7 Å². The Kier molecular flexibility index (Phi) is 5.08. The summed E-state index contributed by atoms with van der Waals surface area (Å²) in [4.78, 5) is 21.7. The van der Waals surface area contributed by atoms with E-state index in [0.29, 0.717) is 5.89 Å². The van der Waals surface area contributed by atoms with Crippen LogP contribution in [0.1, 0.15) is 28.4 Å². The van der Waals surface area contributed by atoms with E-state index in [1.165, 1.54) is 11.2 Å². The topological polar surface area (TPSA) is 68.5 Å². The Balaban J connectivity index is 1.60. The van der Waals surface area contributed by atoms with Crippen LogP contribution >= 0.6 is 0 Å². The number of aromatic nitrogens is 2. The van der Waals surface area contributed by atoms with Gasteiger partial charge in [-0.3, -0.25) is 9.78 Å². The number of carbonyl (C=O) groups excluding carboxylic acids is 1. The van der Waals surface area contributed by atoms with Crippen molar-refractivity contribution in [3.05, 3.63) is 47.9 Å². The molecule has 1 fully saturated rings. The van der Waals surface area contributed by atoms with Crippen LogP contribution in [0.3, 0.4) is 0 Å². The maximum Gasteiger partial charge on any atom is 0.275 e. The molecule has 1 amide bonds. The van der Waals surface area contributed by atoms with E-state index < -0.39 is 24.2 Å². The van der Waals surface area contributed by atoms with Crippen molar-refractivity contribution in [1.29, 1.82) is 0 Å². The lowest BCUT2D eigenvalue weighted by molar-refractivity contribution is -0.124. The van der Waals surface area contributed by atoms with Gasteiger partial charge < -0.3 is 14.1 Å². The molecule has 2 aromatic heterocycles. The Morgan fingerprint density at radius 2 is 2.36 bits per heavy atom. The third-order valence-corrected chi connectivity index (χ3v) is 4.19. The van der Waals surface area contributed by atoms with Gasteiger partial charge in [-0.05, 0) is 11.6 Å². The number of halogens is 2. The molecule has 1 atom stereocenters. The highest BCUT2D eigenvalue weighted by molar-refractivity contribution is 5.92. The highest BCUT2D eigenvalue weighted by Crippen LogP contribution is 2.34. The first kappa shape index (κ1) is 17.5. The van der Waals surface area contributed by atoms with E-state index in [9.17, 15) is 13.6 Å². The number of aryl methyl sites for hydroxylation is 1. The number of ether oxygens (including phenoxy) is 1. The average Bonchev–Trinajstić information content (AvgIpc) is 3.03. The fourth-order valence-electron chi connectivity index (χ4n) is 2.76. The maximum atomic E-state index is 14.2. The van der Waals surface area contributed by atoms with E-state index in [1.807, 2.05) is 6.07 Å². The molecule has 1 unspecified atom stereocenters. The minimum Gasteiger partial charge on any atom is -0.448 e. The lowest BCUT2D eigenvalue weighted by atomic mass is 9.94. The third-order valence-electron chi connectivity index (χ3n) is 4.19. The Bertz CT molecular complexity index is 721. The number of piperidine rings is 1. The standard InChI is InChI=1S/C17H19F2N3O3/c1-12-21-15(11-25-12)16(23)22-6-4-17(18,19)14(8-22)10-24-9-13-3-2-5-20-7-13/h2-3,5,7,11,14H,4,6,8-10H2,1H3. The molecule has 6 nitrogen and oxygen atoms in total. The zero-order valence-corrected chi connectivity index (χ0v) is 13.8. The van der Waals surface area contributed by atoms with Gasteiger partial charge in [-0.25, -0.2) is 13.8 Å². The van der Waals surface area contributed by atoms with Crippen molar-refractivity contribution in [3.8, 4) is 0 Å². The quantitative estimate of drug-likeness (QED) is 0.828. The van der Waals surface area contributed by atoms with Crippen molar-refractivity contribution in [3.63, 3.8) is 0 Å². The highest BCUT2D eigenvalue weighted by Gasteiger charge is 2.45. The molecule has 1 saturated heterocycles. The first-order chi connectivity index (χ1) is 12.0. The summed E-state index contributed by atoms with van der Waals surface area (Å²) in [5, 5.41) is 0. The van der Waals surface area contributed by atoms with Gasteiger partial charge in [-0.15, -0.1) is 0 Å². The summed E-state index contributed by atoms with van der Waals surface area (Å²) in [6, 6.07) is 3.57. The number of hydrogen-bond donors (Lipinski definition) is 0. The van der Waals surface area contributed by atoms with Crippen molar-refractivity contribution in [2.45, 2.75) is 25.9 Å². The van der Waals surface area contributed by atoms with E-state index in [-0.39, 0.29) is 32.0 Å². The van der Waals surface area contributed by atoms with Crippen LogP contribution in [-0.2, 0) is 11.3 Å². The number of likely N-dealkylation sites (tertiary alicyclic amines) is 1. The fraction of sp³-hybridized carbons (Fsp3) is 0.471. The molecule has 25 heavy (non-hydrogen) atoms. The molecular weight excluding hydrogens is 332 g/mol. The Morgan fingerprint density at radius 1 is 1.52 bits per heavy atom. The number of carbonyl (C=O) groups is 1. The molecule has 3 heterocycles. The molecule has 0 saturated carbocycles. The third kappa shape index (κ3) is 4.19. The van der Waals surface area contributed by atoms with Crippen LogP contribution in [0.4, 0.5) is 8.78 Å². The van der Waals surface area contributed by atoms with E-state index in [0.717, 1.165) is 5.56 Å². The van der Waals surface area contributed by atoms with E-state index in [1.54, 1.807) is 25.4 Å². The summed E-state index contributed by atoms with van der Waals surface area (Å²) >= 11 is 0. The lowest BCUT2D eigenvalue weighted by Crippen LogP contribution is -2.50. The predicted molar refractivity (Wildman–Crippen MR) is 84.1 cm³/mol. The zero-order valence-electron chi connectivity index (χ0n) is 13.8. The zero-order chi connectivity index (χ0) is 17.9. The summed E-state index contributed by atoms with van der Waals surface area (Å²) in [7, 11) is 0. The number of pyridine rings is 1. The SMILES string of the molecule is Cc1nc(C(=O)N2CCC(F)(F)C(COCc3cccnc3)C2)co1. The van der Waals surface area contributed by atoms with Crippen LogP contribution in [0.2, 0.25) is 0 Å². The second-order valence-electron chi connectivity index (χ2n) is 6.09. The van der Waals surface area contributed by atoms with Crippen LogP contribution in [0.25, 0.3) is 0 Å².